The maximum atomic E-state index is 10.6. The molecule has 0 aliphatic carbocycles. The molecule has 1 heterocycles. The summed E-state index contributed by atoms with van der Waals surface area (Å²) in [5.74, 6) is 1.17. The minimum atomic E-state index is -0.474. The van der Waals surface area contributed by atoms with Gasteiger partial charge in [0.2, 0.25) is 11.9 Å². The Morgan fingerprint density at radius 3 is 2.44 bits per heavy atom. The first kappa shape index (κ1) is 16.1. The number of para-hydroxylation sites is 1. The smallest absolute Gasteiger partial charge is 0.269 e. The highest BCUT2D eigenvalue weighted by molar-refractivity contribution is 5.53. The lowest BCUT2D eigenvalue weighted by Crippen LogP contribution is -2.09. The molecule has 126 valence electrons. The summed E-state index contributed by atoms with van der Waals surface area (Å²) in [6, 6.07) is 15.1. The van der Waals surface area contributed by atoms with E-state index in [2.05, 4.69) is 20.3 Å². The summed E-state index contributed by atoms with van der Waals surface area (Å²) in [6.07, 6.45) is 0. The summed E-state index contributed by atoms with van der Waals surface area (Å²) in [4.78, 5) is 22.5. The third kappa shape index (κ3) is 4.38. The van der Waals surface area contributed by atoms with E-state index in [4.69, 9.17) is 10.5 Å². The summed E-state index contributed by atoms with van der Waals surface area (Å²) in [7, 11) is 0. The number of hydrogen-bond acceptors (Lipinski definition) is 8. The molecule has 0 atom stereocenters. The standard InChI is InChI=1S/C16H14N6O3/c17-15-19-14(10-25-13-8-6-12(7-9-13)22(23)24)20-16(21-15)18-11-4-2-1-3-5-11/h1-9H,10H2,(H3,17,18,19,20,21). The van der Waals surface area contributed by atoms with Crippen LogP contribution in [0.1, 0.15) is 5.82 Å². The van der Waals surface area contributed by atoms with Gasteiger partial charge in [0.1, 0.15) is 12.4 Å². The fraction of sp³-hybridized carbons (Fsp3) is 0.0625. The second-order valence-electron chi connectivity index (χ2n) is 4.96. The third-order valence-corrected chi connectivity index (χ3v) is 3.14. The van der Waals surface area contributed by atoms with Gasteiger partial charge in [0.25, 0.3) is 5.69 Å². The molecule has 0 saturated carbocycles. The van der Waals surface area contributed by atoms with Gasteiger partial charge in [0.05, 0.1) is 4.92 Å². The number of nitrogens with two attached hydrogens (primary N) is 1. The van der Waals surface area contributed by atoms with E-state index >= 15 is 0 Å². The highest BCUT2D eigenvalue weighted by Crippen LogP contribution is 2.18. The van der Waals surface area contributed by atoms with Gasteiger partial charge in [-0.3, -0.25) is 10.1 Å². The molecular weight excluding hydrogens is 324 g/mol. The molecule has 9 heteroatoms. The van der Waals surface area contributed by atoms with E-state index in [0.29, 0.717) is 17.5 Å². The van der Waals surface area contributed by atoms with E-state index in [1.165, 1.54) is 24.3 Å². The van der Waals surface area contributed by atoms with E-state index in [1.54, 1.807) is 0 Å². The predicted molar refractivity (Wildman–Crippen MR) is 91.4 cm³/mol. The zero-order valence-corrected chi connectivity index (χ0v) is 13.0. The summed E-state index contributed by atoms with van der Waals surface area (Å²) in [6.45, 7) is 0.0496. The number of aromatic nitrogens is 3. The number of benzene rings is 2. The van der Waals surface area contributed by atoms with E-state index in [0.717, 1.165) is 5.69 Å². The predicted octanol–water partition coefficient (Wildman–Crippen LogP) is 2.68. The molecule has 0 fully saturated rings. The molecule has 0 unspecified atom stereocenters. The Labute approximate surface area is 142 Å². The van der Waals surface area contributed by atoms with Crippen LogP contribution in [0.4, 0.5) is 23.3 Å². The molecule has 9 nitrogen and oxygen atoms in total. The Morgan fingerprint density at radius 2 is 1.76 bits per heavy atom. The molecule has 1 aromatic heterocycles. The molecule has 0 aliphatic rings. The van der Waals surface area contributed by atoms with Crippen LogP contribution in [0.3, 0.4) is 0 Å². The van der Waals surface area contributed by atoms with Crippen LogP contribution in [0.25, 0.3) is 0 Å². The summed E-state index contributed by atoms with van der Waals surface area (Å²) < 4.78 is 5.53. The monoisotopic (exact) mass is 338 g/mol. The molecule has 0 spiro atoms. The Balaban J connectivity index is 1.69. The van der Waals surface area contributed by atoms with Crippen molar-refractivity contribution in [2.75, 3.05) is 11.1 Å². The van der Waals surface area contributed by atoms with E-state index in [9.17, 15) is 10.1 Å². The minimum Gasteiger partial charge on any atom is -0.486 e. The van der Waals surface area contributed by atoms with Gasteiger partial charge in [-0.25, -0.2) is 0 Å². The number of ether oxygens (including phenoxy) is 1. The number of hydrogen-bond donors (Lipinski definition) is 2. The fourth-order valence-corrected chi connectivity index (χ4v) is 2.02. The van der Waals surface area contributed by atoms with Crippen LogP contribution in [-0.4, -0.2) is 19.9 Å². The van der Waals surface area contributed by atoms with Crippen LogP contribution < -0.4 is 15.8 Å². The number of nitrogen functional groups attached to an aromatic ring is 1. The zero-order chi connectivity index (χ0) is 17.6. The van der Waals surface area contributed by atoms with Crippen LogP contribution >= 0.6 is 0 Å². The Bertz CT molecular complexity index is 871. The number of nitro groups is 1. The van der Waals surface area contributed by atoms with Crippen molar-refractivity contribution in [1.29, 1.82) is 0 Å². The quantitative estimate of drug-likeness (QED) is 0.518. The number of non-ortho nitro benzene ring substituents is 1. The van der Waals surface area contributed by atoms with Gasteiger partial charge in [-0.2, -0.15) is 15.0 Å². The van der Waals surface area contributed by atoms with Crippen molar-refractivity contribution >= 4 is 23.3 Å². The van der Waals surface area contributed by atoms with Gasteiger partial charge >= 0.3 is 0 Å². The highest BCUT2D eigenvalue weighted by Gasteiger charge is 2.08. The van der Waals surface area contributed by atoms with E-state index in [-0.39, 0.29) is 18.2 Å². The lowest BCUT2D eigenvalue weighted by Gasteiger charge is -2.08. The molecule has 3 N–H and O–H groups in total. The maximum absolute atomic E-state index is 10.6. The van der Waals surface area contributed by atoms with Crippen molar-refractivity contribution in [3.05, 3.63) is 70.5 Å². The van der Waals surface area contributed by atoms with Crippen molar-refractivity contribution in [2.45, 2.75) is 6.61 Å². The largest absolute Gasteiger partial charge is 0.486 e. The van der Waals surface area contributed by atoms with Crippen molar-refractivity contribution in [1.82, 2.24) is 15.0 Å². The van der Waals surface area contributed by atoms with Gasteiger partial charge < -0.3 is 15.8 Å². The average Bonchev–Trinajstić information content (AvgIpc) is 2.61. The van der Waals surface area contributed by atoms with Crippen molar-refractivity contribution in [2.24, 2.45) is 0 Å². The Hall–Kier alpha value is -3.75. The number of anilines is 3. The van der Waals surface area contributed by atoms with E-state index in [1.807, 2.05) is 30.3 Å². The lowest BCUT2D eigenvalue weighted by atomic mass is 10.3. The molecule has 0 radical (unpaired) electrons. The SMILES string of the molecule is Nc1nc(COc2ccc([N+](=O)[O-])cc2)nc(Nc2ccccc2)n1. The van der Waals surface area contributed by atoms with Crippen LogP contribution in [0, 0.1) is 10.1 Å². The highest BCUT2D eigenvalue weighted by atomic mass is 16.6. The molecule has 0 bridgehead atoms. The van der Waals surface area contributed by atoms with Crippen LogP contribution in [0.5, 0.6) is 5.75 Å². The molecular formula is C16H14N6O3. The van der Waals surface area contributed by atoms with Crippen LogP contribution in [0.15, 0.2) is 54.6 Å². The normalized spacial score (nSPS) is 10.2. The van der Waals surface area contributed by atoms with Gasteiger partial charge in [-0.1, -0.05) is 18.2 Å². The van der Waals surface area contributed by atoms with Gasteiger partial charge in [0, 0.05) is 17.8 Å². The number of nitrogens with one attached hydrogen (secondary N) is 1. The second kappa shape index (κ2) is 7.21. The number of rotatable bonds is 6. The second-order valence-corrected chi connectivity index (χ2v) is 4.96. The van der Waals surface area contributed by atoms with E-state index < -0.39 is 4.92 Å². The lowest BCUT2D eigenvalue weighted by molar-refractivity contribution is -0.384. The van der Waals surface area contributed by atoms with Gasteiger partial charge in [-0.05, 0) is 24.3 Å². The average molecular weight is 338 g/mol. The van der Waals surface area contributed by atoms with Crippen LogP contribution in [-0.2, 0) is 6.61 Å². The summed E-state index contributed by atoms with van der Waals surface area (Å²) >= 11 is 0. The van der Waals surface area contributed by atoms with Crippen molar-refractivity contribution < 1.29 is 9.66 Å². The van der Waals surface area contributed by atoms with Crippen molar-refractivity contribution in [3.8, 4) is 5.75 Å². The summed E-state index contributed by atoms with van der Waals surface area (Å²) in [5, 5.41) is 13.7. The number of nitro benzene ring substituents is 1. The fourth-order valence-electron chi connectivity index (χ4n) is 2.02. The number of nitrogens with zero attached hydrogens (tertiary/aromatic N) is 4. The Kier molecular flexibility index (Phi) is 4.65. The molecule has 0 aliphatic heterocycles. The van der Waals surface area contributed by atoms with Crippen LogP contribution in [0.2, 0.25) is 0 Å². The first-order valence-corrected chi connectivity index (χ1v) is 7.30. The first-order chi connectivity index (χ1) is 12.1. The molecule has 2 aromatic carbocycles. The van der Waals surface area contributed by atoms with Gasteiger partial charge in [0.15, 0.2) is 5.82 Å². The summed E-state index contributed by atoms with van der Waals surface area (Å²) in [5.41, 5.74) is 6.51. The first-order valence-electron chi connectivity index (χ1n) is 7.30. The minimum absolute atomic E-state index is 0.00824. The molecule has 3 aromatic rings. The maximum Gasteiger partial charge on any atom is 0.269 e. The Morgan fingerprint density at radius 1 is 1.04 bits per heavy atom. The molecule has 0 saturated heterocycles. The van der Waals surface area contributed by atoms with Gasteiger partial charge in [-0.15, -0.1) is 0 Å². The van der Waals surface area contributed by atoms with Crippen molar-refractivity contribution in [3.63, 3.8) is 0 Å². The topological polar surface area (TPSA) is 129 Å². The molecule has 0 amide bonds. The molecule has 3 rings (SSSR count). The molecule has 25 heavy (non-hydrogen) atoms. The zero-order valence-electron chi connectivity index (χ0n) is 13.0. The third-order valence-electron chi connectivity index (χ3n) is 3.14.